The first-order valence-electron chi connectivity index (χ1n) is 5.62. The SMILES string of the molecule is Cc1cc(N2CCCOCC2C)nc(N)n1. The Kier molecular flexibility index (Phi) is 3.24. The molecule has 1 unspecified atom stereocenters. The van der Waals surface area contributed by atoms with Crippen LogP contribution in [0.25, 0.3) is 0 Å². The Bertz CT molecular complexity index is 349. The van der Waals surface area contributed by atoms with Gasteiger partial charge in [0.2, 0.25) is 5.95 Å². The van der Waals surface area contributed by atoms with Gasteiger partial charge in [0, 0.05) is 24.9 Å². The van der Waals surface area contributed by atoms with Crippen LogP contribution < -0.4 is 10.6 Å². The molecule has 1 aliphatic heterocycles. The fourth-order valence-corrected chi connectivity index (χ4v) is 1.96. The highest BCUT2D eigenvalue weighted by Crippen LogP contribution is 2.18. The van der Waals surface area contributed by atoms with E-state index in [2.05, 4.69) is 21.8 Å². The van der Waals surface area contributed by atoms with Crippen LogP contribution in [0.15, 0.2) is 6.07 Å². The molecule has 0 saturated carbocycles. The van der Waals surface area contributed by atoms with E-state index in [0.29, 0.717) is 12.0 Å². The summed E-state index contributed by atoms with van der Waals surface area (Å²) in [6.07, 6.45) is 1.02. The van der Waals surface area contributed by atoms with Crippen molar-refractivity contribution in [3.05, 3.63) is 11.8 Å². The van der Waals surface area contributed by atoms with Crippen molar-refractivity contribution in [3.8, 4) is 0 Å². The lowest BCUT2D eigenvalue weighted by molar-refractivity contribution is 0.137. The van der Waals surface area contributed by atoms with E-state index in [0.717, 1.165) is 37.7 Å². The van der Waals surface area contributed by atoms with Crippen molar-refractivity contribution in [2.24, 2.45) is 0 Å². The molecule has 88 valence electrons. The number of anilines is 2. The van der Waals surface area contributed by atoms with E-state index < -0.39 is 0 Å². The molecule has 2 N–H and O–H groups in total. The smallest absolute Gasteiger partial charge is 0.222 e. The average Bonchev–Trinajstić information content (AvgIpc) is 2.41. The summed E-state index contributed by atoms with van der Waals surface area (Å²) in [7, 11) is 0. The first kappa shape index (κ1) is 11.1. The summed E-state index contributed by atoms with van der Waals surface area (Å²) in [4.78, 5) is 10.6. The first-order valence-corrected chi connectivity index (χ1v) is 5.62. The lowest BCUT2D eigenvalue weighted by Crippen LogP contribution is -2.36. The summed E-state index contributed by atoms with van der Waals surface area (Å²) < 4.78 is 5.50. The lowest BCUT2D eigenvalue weighted by Gasteiger charge is -2.27. The van der Waals surface area contributed by atoms with Crippen molar-refractivity contribution < 1.29 is 4.74 Å². The van der Waals surface area contributed by atoms with Gasteiger partial charge in [-0.2, -0.15) is 4.98 Å². The molecule has 2 rings (SSSR count). The molecule has 0 spiro atoms. The normalized spacial score (nSPS) is 21.9. The zero-order valence-electron chi connectivity index (χ0n) is 9.81. The Morgan fingerprint density at radius 3 is 3.06 bits per heavy atom. The van der Waals surface area contributed by atoms with Gasteiger partial charge in [0.05, 0.1) is 12.6 Å². The standard InChI is InChI=1S/C11H18N4O/c1-8-6-10(14-11(12)13-8)15-4-3-5-16-7-9(15)2/h6,9H,3-5,7H2,1-2H3,(H2,12,13,14). The van der Waals surface area contributed by atoms with Gasteiger partial charge in [-0.15, -0.1) is 0 Å². The minimum Gasteiger partial charge on any atom is -0.379 e. The Morgan fingerprint density at radius 1 is 1.50 bits per heavy atom. The van der Waals surface area contributed by atoms with Crippen LogP contribution in [-0.4, -0.2) is 35.8 Å². The fraction of sp³-hybridized carbons (Fsp3) is 0.636. The third-order valence-corrected chi connectivity index (χ3v) is 2.73. The second kappa shape index (κ2) is 4.65. The fourth-order valence-electron chi connectivity index (χ4n) is 1.96. The first-order chi connectivity index (χ1) is 7.66. The number of hydrogen-bond donors (Lipinski definition) is 1. The Labute approximate surface area is 95.6 Å². The number of aromatic nitrogens is 2. The number of ether oxygens (including phenoxy) is 1. The highest BCUT2D eigenvalue weighted by molar-refractivity contribution is 5.44. The van der Waals surface area contributed by atoms with Crippen LogP contribution in [0.5, 0.6) is 0 Å². The number of nitrogen functional groups attached to an aromatic ring is 1. The van der Waals surface area contributed by atoms with Gasteiger partial charge >= 0.3 is 0 Å². The largest absolute Gasteiger partial charge is 0.379 e. The average molecular weight is 222 g/mol. The third kappa shape index (κ3) is 2.41. The molecule has 0 aliphatic carbocycles. The van der Waals surface area contributed by atoms with Gasteiger partial charge in [0.15, 0.2) is 0 Å². The summed E-state index contributed by atoms with van der Waals surface area (Å²) in [6, 6.07) is 2.30. The molecular weight excluding hydrogens is 204 g/mol. The number of hydrogen-bond acceptors (Lipinski definition) is 5. The molecule has 1 fully saturated rings. The Balaban J connectivity index is 2.26. The number of aryl methyl sites for hydroxylation is 1. The molecule has 0 radical (unpaired) electrons. The summed E-state index contributed by atoms with van der Waals surface area (Å²) in [5.74, 6) is 1.25. The van der Waals surface area contributed by atoms with E-state index in [9.17, 15) is 0 Å². The number of nitrogens with zero attached hydrogens (tertiary/aromatic N) is 3. The van der Waals surface area contributed by atoms with Gasteiger partial charge in [0.1, 0.15) is 5.82 Å². The molecule has 1 aromatic heterocycles. The topological polar surface area (TPSA) is 64.3 Å². The van der Waals surface area contributed by atoms with Gasteiger partial charge in [-0.25, -0.2) is 4.98 Å². The quantitative estimate of drug-likeness (QED) is 0.767. The van der Waals surface area contributed by atoms with Crippen molar-refractivity contribution in [2.75, 3.05) is 30.4 Å². The zero-order chi connectivity index (χ0) is 11.5. The van der Waals surface area contributed by atoms with Crippen molar-refractivity contribution in [2.45, 2.75) is 26.3 Å². The van der Waals surface area contributed by atoms with Gasteiger partial charge in [-0.05, 0) is 20.3 Å². The van der Waals surface area contributed by atoms with Gasteiger partial charge in [-0.1, -0.05) is 0 Å². The molecule has 0 bridgehead atoms. The molecule has 0 aromatic carbocycles. The molecule has 5 heteroatoms. The Hall–Kier alpha value is -1.36. The highest BCUT2D eigenvalue weighted by atomic mass is 16.5. The maximum atomic E-state index is 5.67. The molecule has 2 heterocycles. The minimum atomic E-state index is 0.330. The molecule has 5 nitrogen and oxygen atoms in total. The zero-order valence-corrected chi connectivity index (χ0v) is 9.81. The van der Waals surface area contributed by atoms with Crippen molar-refractivity contribution in [3.63, 3.8) is 0 Å². The molecule has 0 amide bonds. The number of rotatable bonds is 1. The van der Waals surface area contributed by atoms with Gasteiger partial charge < -0.3 is 15.4 Å². The van der Waals surface area contributed by atoms with Crippen LogP contribution in [0, 0.1) is 6.92 Å². The van der Waals surface area contributed by atoms with Gasteiger partial charge in [-0.3, -0.25) is 0 Å². The number of nitrogens with two attached hydrogens (primary N) is 1. The molecule has 16 heavy (non-hydrogen) atoms. The van der Waals surface area contributed by atoms with E-state index in [1.165, 1.54) is 0 Å². The van der Waals surface area contributed by atoms with Crippen LogP contribution in [-0.2, 0) is 4.74 Å². The monoisotopic (exact) mass is 222 g/mol. The van der Waals surface area contributed by atoms with Crippen molar-refractivity contribution in [1.82, 2.24) is 9.97 Å². The van der Waals surface area contributed by atoms with E-state index >= 15 is 0 Å². The maximum Gasteiger partial charge on any atom is 0.222 e. The van der Waals surface area contributed by atoms with Crippen LogP contribution in [0.1, 0.15) is 19.0 Å². The van der Waals surface area contributed by atoms with Crippen LogP contribution in [0.3, 0.4) is 0 Å². The summed E-state index contributed by atoms with van der Waals surface area (Å²) in [5.41, 5.74) is 6.57. The lowest BCUT2D eigenvalue weighted by atomic mass is 10.2. The van der Waals surface area contributed by atoms with E-state index in [4.69, 9.17) is 10.5 Å². The summed E-state index contributed by atoms with van der Waals surface area (Å²) in [6.45, 7) is 6.58. The minimum absolute atomic E-state index is 0.330. The van der Waals surface area contributed by atoms with Crippen LogP contribution in [0.2, 0.25) is 0 Å². The van der Waals surface area contributed by atoms with Crippen LogP contribution in [0.4, 0.5) is 11.8 Å². The predicted octanol–water partition coefficient (Wildman–Crippen LogP) is 0.982. The third-order valence-electron chi connectivity index (χ3n) is 2.73. The van der Waals surface area contributed by atoms with Crippen molar-refractivity contribution in [1.29, 1.82) is 0 Å². The maximum absolute atomic E-state index is 5.67. The molecule has 1 saturated heterocycles. The Morgan fingerprint density at radius 2 is 2.31 bits per heavy atom. The summed E-state index contributed by atoms with van der Waals surface area (Å²) in [5, 5.41) is 0. The van der Waals surface area contributed by atoms with E-state index in [-0.39, 0.29) is 0 Å². The predicted molar refractivity (Wildman–Crippen MR) is 63.4 cm³/mol. The molecule has 1 aliphatic rings. The van der Waals surface area contributed by atoms with Gasteiger partial charge in [0.25, 0.3) is 0 Å². The van der Waals surface area contributed by atoms with E-state index in [1.807, 2.05) is 13.0 Å². The molecular formula is C11H18N4O. The highest BCUT2D eigenvalue weighted by Gasteiger charge is 2.19. The van der Waals surface area contributed by atoms with Crippen molar-refractivity contribution >= 4 is 11.8 Å². The molecule has 1 atom stereocenters. The van der Waals surface area contributed by atoms with E-state index in [1.54, 1.807) is 0 Å². The van der Waals surface area contributed by atoms with Crippen LogP contribution >= 0.6 is 0 Å². The molecule has 1 aromatic rings. The second-order valence-corrected chi connectivity index (χ2v) is 4.20. The summed E-state index contributed by atoms with van der Waals surface area (Å²) >= 11 is 0. The second-order valence-electron chi connectivity index (χ2n) is 4.20.